The molecule has 1 heterocycles. The molecule has 3 aromatic carbocycles. The molecule has 1 fully saturated rings. The van der Waals surface area contributed by atoms with Crippen LogP contribution < -0.4 is 0 Å². The largest absolute Gasteiger partial charge is 0.375 e. The second-order valence-electron chi connectivity index (χ2n) is 8.12. The van der Waals surface area contributed by atoms with E-state index in [1.165, 1.54) is 5.56 Å². The van der Waals surface area contributed by atoms with Crippen molar-refractivity contribution in [3.05, 3.63) is 120 Å². The summed E-state index contributed by atoms with van der Waals surface area (Å²) in [4.78, 5) is 15.8. The maximum Gasteiger partial charge on any atom is 0.180 e. The van der Waals surface area contributed by atoms with Gasteiger partial charge < -0.3 is 4.74 Å². The van der Waals surface area contributed by atoms with Crippen molar-refractivity contribution in [2.24, 2.45) is 5.92 Å². The van der Waals surface area contributed by atoms with Crippen LogP contribution in [0.25, 0.3) is 0 Å². The monoisotopic (exact) mass is 411 g/mol. The highest BCUT2D eigenvalue weighted by molar-refractivity contribution is 6.00. The predicted molar refractivity (Wildman–Crippen MR) is 125 cm³/mol. The van der Waals surface area contributed by atoms with Gasteiger partial charge in [-0.05, 0) is 17.5 Å². The average molecular weight is 412 g/mol. The van der Waals surface area contributed by atoms with Crippen LogP contribution in [-0.4, -0.2) is 29.4 Å². The second-order valence-corrected chi connectivity index (χ2v) is 8.12. The number of benzene rings is 3. The van der Waals surface area contributed by atoms with Crippen LogP contribution in [0.5, 0.6) is 0 Å². The second kappa shape index (κ2) is 10.3. The van der Waals surface area contributed by atoms with Gasteiger partial charge in [-0.1, -0.05) is 97.1 Å². The zero-order valence-corrected chi connectivity index (χ0v) is 17.8. The van der Waals surface area contributed by atoms with Crippen LogP contribution in [0.1, 0.15) is 27.9 Å². The number of ketones is 1. The molecule has 31 heavy (non-hydrogen) atoms. The van der Waals surface area contributed by atoms with Gasteiger partial charge in [0.25, 0.3) is 0 Å². The molecule has 1 aliphatic heterocycles. The minimum absolute atomic E-state index is 0.0988. The molecule has 3 nitrogen and oxygen atoms in total. The fourth-order valence-corrected chi connectivity index (χ4v) is 4.47. The number of rotatable bonds is 9. The normalized spacial score (nSPS) is 21.1. The lowest BCUT2D eigenvalue weighted by Gasteiger charge is -2.30. The fourth-order valence-electron chi connectivity index (χ4n) is 4.47. The number of hydrogen-bond acceptors (Lipinski definition) is 3. The Bertz CT molecular complexity index is 972. The first kappa shape index (κ1) is 21.2. The van der Waals surface area contributed by atoms with E-state index in [1.807, 2.05) is 72.8 Å². The Morgan fingerprint density at radius 2 is 1.48 bits per heavy atom. The number of Topliss-reactive ketones (excluding diaryl/α,β-unsaturated/α-hetero) is 1. The van der Waals surface area contributed by atoms with E-state index in [0.29, 0.717) is 19.8 Å². The first-order chi connectivity index (χ1) is 15.3. The van der Waals surface area contributed by atoms with Crippen molar-refractivity contribution in [1.82, 2.24) is 4.90 Å². The van der Waals surface area contributed by atoms with Gasteiger partial charge in [0.2, 0.25) is 0 Å². The minimum Gasteiger partial charge on any atom is -0.375 e. The van der Waals surface area contributed by atoms with Gasteiger partial charge >= 0.3 is 0 Å². The Balaban J connectivity index is 1.55. The van der Waals surface area contributed by atoms with Gasteiger partial charge in [-0.2, -0.15) is 0 Å². The van der Waals surface area contributed by atoms with Crippen molar-refractivity contribution in [1.29, 1.82) is 0 Å². The van der Waals surface area contributed by atoms with Crippen LogP contribution in [0.15, 0.2) is 104 Å². The predicted octanol–water partition coefficient (Wildman–Crippen LogP) is 5.53. The van der Waals surface area contributed by atoms with Crippen molar-refractivity contribution in [2.75, 3.05) is 6.61 Å². The maximum atomic E-state index is 13.5. The molecule has 0 aromatic heterocycles. The molecule has 0 amide bonds. The third-order valence-corrected chi connectivity index (χ3v) is 6.04. The molecule has 1 saturated heterocycles. The van der Waals surface area contributed by atoms with Gasteiger partial charge in [-0.15, -0.1) is 6.58 Å². The van der Waals surface area contributed by atoms with Gasteiger partial charge in [0.05, 0.1) is 19.3 Å². The fraction of sp³-hybridized carbons (Fsp3) is 0.250. The Morgan fingerprint density at radius 3 is 2.10 bits per heavy atom. The molecule has 0 saturated carbocycles. The van der Waals surface area contributed by atoms with Gasteiger partial charge in [-0.25, -0.2) is 0 Å². The van der Waals surface area contributed by atoms with Crippen molar-refractivity contribution in [3.8, 4) is 0 Å². The third kappa shape index (κ3) is 5.19. The van der Waals surface area contributed by atoms with Crippen molar-refractivity contribution < 1.29 is 9.53 Å². The van der Waals surface area contributed by atoms with Crippen LogP contribution in [0.2, 0.25) is 0 Å². The molecule has 3 atom stereocenters. The van der Waals surface area contributed by atoms with Crippen LogP contribution in [0.4, 0.5) is 0 Å². The van der Waals surface area contributed by atoms with Crippen LogP contribution in [0, 0.1) is 5.92 Å². The Labute approximate surface area is 185 Å². The molecule has 3 heteroatoms. The van der Waals surface area contributed by atoms with Crippen LogP contribution >= 0.6 is 0 Å². The molecular formula is C28H29NO2. The Kier molecular flexibility index (Phi) is 7.08. The van der Waals surface area contributed by atoms with E-state index in [2.05, 4.69) is 35.7 Å². The van der Waals surface area contributed by atoms with Gasteiger partial charge in [0, 0.05) is 24.1 Å². The molecule has 0 unspecified atom stereocenters. The summed E-state index contributed by atoms with van der Waals surface area (Å²) >= 11 is 0. The zero-order valence-electron chi connectivity index (χ0n) is 17.8. The first-order valence-electron chi connectivity index (χ1n) is 10.9. The van der Waals surface area contributed by atoms with Crippen LogP contribution in [-0.2, 0) is 17.9 Å². The number of hydrogen-bond donors (Lipinski definition) is 0. The zero-order chi connectivity index (χ0) is 21.5. The number of ether oxygens (including phenoxy) is 1. The van der Waals surface area contributed by atoms with E-state index < -0.39 is 0 Å². The third-order valence-electron chi connectivity index (χ3n) is 6.04. The molecule has 0 bridgehead atoms. The topological polar surface area (TPSA) is 29.5 Å². The first-order valence-corrected chi connectivity index (χ1v) is 10.9. The van der Waals surface area contributed by atoms with Crippen molar-refractivity contribution in [3.63, 3.8) is 0 Å². The number of nitrogens with zero attached hydrogens (tertiary/aromatic N) is 1. The number of carbonyl (C=O) groups excluding carboxylic acids is 1. The molecular weight excluding hydrogens is 382 g/mol. The summed E-state index contributed by atoms with van der Waals surface area (Å²) in [6, 6.07) is 30.1. The van der Waals surface area contributed by atoms with E-state index in [-0.39, 0.29) is 23.8 Å². The van der Waals surface area contributed by atoms with Gasteiger partial charge in [0.1, 0.15) is 0 Å². The van der Waals surface area contributed by atoms with Gasteiger partial charge in [-0.3, -0.25) is 9.69 Å². The quantitative estimate of drug-likeness (QED) is 0.342. The summed E-state index contributed by atoms with van der Waals surface area (Å²) in [5.74, 6) is 0.258. The Morgan fingerprint density at radius 1 is 0.903 bits per heavy atom. The maximum absolute atomic E-state index is 13.5. The van der Waals surface area contributed by atoms with E-state index in [4.69, 9.17) is 4.74 Å². The summed E-state index contributed by atoms with van der Waals surface area (Å²) in [5, 5.41) is 0. The van der Waals surface area contributed by atoms with Crippen LogP contribution in [0.3, 0.4) is 0 Å². The smallest absolute Gasteiger partial charge is 0.180 e. The summed E-state index contributed by atoms with van der Waals surface area (Å²) in [6.07, 6.45) is 2.81. The Hall–Kier alpha value is -3.01. The molecule has 1 aliphatic rings. The molecule has 158 valence electrons. The average Bonchev–Trinajstić information content (AvgIpc) is 3.17. The standard InChI is InChI=1S/C28H29NO2/c1-2-24-18-26(21-31-20-23-14-8-4-9-15-23)29(19-22-12-6-3-7-13-22)27(24)28(30)25-16-10-5-11-17-25/h2-17,24,26-27H,1,18-21H2/t24-,26-,27-/m1/s1. The molecule has 0 aliphatic carbocycles. The van der Waals surface area contributed by atoms with Crippen molar-refractivity contribution >= 4 is 5.78 Å². The highest BCUT2D eigenvalue weighted by Gasteiger charge is 2.43. The SMILES string of the molecule is C=C[C@@H]1C[C@H](COCc2ccccc2)N(Cc2ccccc2)[C@H]1C(=O)c1ccccc1. The molecule has 0 spiro atoms. The lowest BCUT2D eigenvalue weighted by Crippen LogP contribution is -2.43. The lowest BCUT2D eigenvalue weighted by molar-refractivity contribution is 0.0478. The summed E-state index contributed by atoms with van der Waals surface area (Å²) in [7, 11) is 0. The number of carbonyl (C=O) groups is 1. The minimum atomic E-state index is -0.231. The summed E-state index contributed by atoms with van der Waals surface area (Å²) in [6.45, 7) is 5.93. The van der Waals surface area contributed by atoms with E-state index in [9.17, 15) is 4.79 Å². The molecule has 3 aromatic rings. The number of likely N-dealkylation sites (tertiary alicyclic amines) is 1. The molecule has 0 radical (unpaired) electrons. The molecule has 0 N–H and O–H groups in total. The highest BCUT2D eigenvalue weighted by atomic mass is 16.5. The van der Waals surface area contributed by atoms with E-state index in [0.717, 1.165) is 17.5 Å². The van der Waals surface area contributed by atoms with Gasteiger partial charge in [0.15, 0.2) is 5.78 Å². The molecule has 4 rings (SSSR count). The van der Waals surface area contributed by atoms with Crippen molar-refractivity contribution in [2.45, 2.75) is 31.7 Å². The summed E-state index contributed by atoms with van der Waals surface area (Å²) in [5.41, 5.74) is 3.11. The van der Waals surface area contributed by atoms with E-state index in [1.54, 1.807) is 0 Å². The summed E-state index contributed by atoms with van der Waals surface area (Å²) < 4.78 is 6.11. The lowest BCUT2D eigenvalue weighted by atomic mass is 9.92. The highest BCUT2D eigenvalue weighted by Crippen LogP contribution is 2.34. The van der Waals surface area contributed by atoms with E-state index >= 15 is 0 Å².